The highest BCUT2D eigenvalue weighted by Gasteiger charge is 2.06. The molecule has 0 saturated heterocycles. The zero-order valence-corrected chi connectivity index (χ0v) is 10.9. The van der Waals surface area contributed by atoms with E-state index in [1.807, 2.05) is 24.6 Å². The largest absolute Gasteiger partial charge is 0.377 e. The molecule has 5 nitrogen and oxygen atoms in total. The van der Waals surface area contributed by atoms with E-state index in [0.717, 1.165) is 17.3 Å². The number of benzene rings is 1. The first-order valence-corrected chi connectivity index (χ1v) is 5.78. The number of anilines is 1. The lowest BCUT2D eigenvalue weighted by Gasteiger charge is -2.08. The van der Waals surface area contributed by atoms with Crippen molar-refractivity contribution in [2.45, 2.75) is 13.5 Å². The van der Waals surface area contributed by atoms with Gasteiger partial charge < -0.3 is 9.88 Å². The Balaban J connectivity index is 2.11. The third-order valence-corrected chi connectivity index (χ3v) is 3.03. The molecular weight excluding hydrogens is 250 g/mol. The van der Waals surface area contributed by atoms with Crippen LogP contribution in [0.5, 0.6) is 0 Å². The first-order chi connectivity index (χ1) is 8.61. The van der Waals surface area contributed by atoms with Crippen molar-refractivity contribution in [3.63, 3.8) is 0 Å². The summed E-state index contributed by atoms with van der Waals surface area (Å²) in [6, 6.07) is 7.17. The van der Waals surface area contributed by atoms with Gasteiger partial charge in [-0.3, -0.25) is 0 Å². The molecule has 0 aliphatic rings. The van der Waals surface area contributed by atoms with Crippen LogP contribution in [0, 0.1) is 18.3 Å². The molecule has 0 aliphatic carbocycles. The maximum Gasteiger partial charge on any atom is 0.152 e. The van der Waals surface area contributed by atoms with Gasteiger partial charge in [0.25, 0.3) is 0 Å². The van der Waals surface area contributed by atoms with Gasteiger partial charge in [-0.25, -0.2) is 0 Å². The Morgan fingerprint density at radius 2 is 2.22 bits per heavy atom. The standard InChI is InChI=1S/C12H12ClN5/c1-8-16-17-12(18(8)2)7-15-11-4-3-9(6-14)5-10(11)13/h3-5,15H,7H2,1-2H3. The maximum atomic E-state index is 8.75. The summed E-state index contributed by atoms with van der Waals surface area (Å²) in [4.78, 5) is 0. The van der Waals surface area contributed by atoms with Gasteiger partial charge >= 0.3 is 0 Å². The van der Waals surface area contributed by atoms with E-state index in [2.05, 4.69) is 15.5 Å². The van der Waals surface area contributed by atoms with E-state index in [1.165, 1.54) is 0 Å². The molecule has 0 fully saturated rings. The molecule has 0 atom stereocenters. The van der Waals surface area contributed by atoms with Crippen LogP contribution in [0.3, 0.4) is 0 Å². The van der Waals surface area contributed by atoms with Gasteiger partial charge in [-0.15, -0.1) is 10.2 Å². The highest BCUT2D eigenvalue weighted by molar-refractivity contribution is 6.33. The molecule has 0 amide bonds. The molecular formula is C12H12ClN5. The van der Waals surface area contributed by atoms with Crippen molar-refractivity contribution in [3.8, 4) is 6.07 Å². The van der Waals surface area contributed by atoms with Crippen LogP contribution in [0.4, 0.5) is 5.69 Å². The van der Waals surface area contributed by atoms with Crippen molar-refractivity contribution in [3.05, 3.63) is 40.4 Å². The SMILES string of the molecule is Cc1nnc(CNc2ccc(C#N)cc2Cl)n1C. The van der Waals surface area contributed by atoms with E-state index in [1.54, 1.807) is 18.2 Å². The molecule has 1 heterocycles. The molecule has 1 aromatic heterocycles. The second-order valence-electron chi connectivity index (χ2n) is 3.88. The third kappa shape index (κ3) is 2.44. The predicted molar refractivity (Wildman–Crippen MR) is 69.2 cm³/mol. The van der Waals surface area contributed by atoms with E-state index in [0.29, 0.717) is 17.1 Å². The van der Waals surface area contributed by atoms with Gasteiger partial charge in [-0.05, 0) is 25.1 Å². The molecule has 0 radical (unpaired) electrons. The van der Waals surface area contributed by atoms with E-state index in [9.17, 15) is 0 Å². The lowest BCUT2D eigenvalue weighted by molar-refractivity contribution is 0.789. The van der Waals surface area contributed by atoms with Crippen LogP contribution >= 0.6 is 11.6 Å². The number of nitrogens with one attached hydrogen (secondary N) is 1. The van der Waals surface area contributed by atoms with Gasteiger partial charge in [0.1, 0.15) is 5.82 Å². The Morgan fingerprint density at radius 1 is 1.44 bits per heavy atom. The lowest BCUT2D eigenvalue weighted by atomic mass is 10.2. The van der Waals surface area contributed by atoms with Gasteiger partial charge in [0, 0.05) is 7.05 Å². The van der Waals surface area contributed by atoms with Crippen molar-refractivity contribution in [1.82, 2.24) is 14.8 Å². The smallest absolute Gasteiger partial charge is 0.152 e. The van der Waals surface area contributed by atoms with Crippen LogP contribution in [0.25, 0.3) is 0 Å². The molecule has 0 aliphatic heterocycles. The summed E-state index contributed by atoms with van der Waals surface area (Å²) in [5, 5.41) is 20.5. The van der Waals surface area contributed by atoms with Crippen molar-refractivity contribution >= 4 is 17.3 Å². The fraction of sp³-hybridized carbons (Fsp3) is 0.250. The van der Waals surface area contributed by atoms with Gasteiger partial charge in [-0.1, -0.05) is 11.6 Å². The van der Waals surface area contributed by atoms with Crippen LogP contribution in [-0.4, -0.2) is 14.8 Å². The summed E-state index contributed by atoms with van der Waals surface area (Å²) >= 11 is 6.06. The summed E-state index contributed by atoms with van der Waals surface area (Å²) in [6.45, 7) is 2.42. The Labute approximate surface area is 110 Å². The Morgan fingerprint density at radius 3 is 2.78 bits per heavy atom. The zero-order chi connectivity index (χ0) is 13.1. The number of rotatable bonds is 3. The Bertz CT molecular complexity index is 611. The van der Waals surface area contributed by atoms with E-state index in [-0.39, 0.29) is 0 Å². The normalized spacial score (nSPS) is 10.1. The summed E-state index contributed by atoms with van der Waals surface area (Å²) in [7, 11) is 1.91. The van der Waals surface area contributed by atoms with E-state index < -0.39 is 0 Å². The average molecular weight is 262 g/mol. The fourth-order valence-electron chi connectivity index (χ4n) is 1.51. The molecule has 0 saturated carbocycles. The number of hydrogen-bond donors (Lipinski definition) is 1. The number of halogens is 1. The Kier molecular flexibility index (Phi) is 3.49. The molecule has 1 aromatic carbocycles. The molecule has 0 bridgehead atoms. The average Bonchev–Trinajstić information content (AvgIpc) is 2.68. The number of hydrogen-bond acceptors (Lipinski definition) is 4. The molecule has 6 heteroatoms. The van der Waals surface area contributed by atoms with Crippen LogP contribution in [-0.2, 0) is 13.6 Å². The van der Waals surface area contributed by atoms with Gasteiger partial charge in [-0.2, -0.15) is 5.26 Å². The zero-order valence-electron chi connectivity index (χ0n) is 10.1. The van der Waals surface area contributed by atoms with Crippen molar-refractivity contribution in [1.29, 1.82) is 5.26 Å². The lowest BCUT2D eigenvalue weighted by Crippen LogP contribution is -2.07. The van der Waals surface area contributed by atoms with Crippen molar-refractivity contribution < 1.29 is 0 Å². The molecule has 18 heavy (non-hydrogen) atoms. The minimum atomic E-state index is 0.521. The second-order valence-corrected chi connectivity index (χ2v) is 4.29. The van der Waals surface area contributed by atoms with Crippen LogP contribution in [0.15, 0.2) is 18.2 Å². The van der Waals surface area contributed by atoms with Gasteiger partial charge in [0.05, 0.1) is 28.9 Å². The number of nitriles is 1. The van der Waals surface area contributed by atoms with Gasteiger partial charge in [0.15, 0.2) is 5.82 Å². The van der Waals surface area contributed by atoms with E-state index >= 15 is 0 Å². The van der Waals surface area contributed by atoms with Crippen LogP contribution in [0.1, 0.15) is 17.2 Å². The fourth-order valence-corrected chi connectivity index (χ4v) is 1.75. The van der Waals surface area contributed by atoms with Crippen LogP contribution < -0.4 is 5.32 Å². The first kappa shape index (κ1) is 12.4. The molecule has 92 valence electrons. The highest BCUT2D eigenvalue weighted by atomic mass is 35.5. The number of aromatic nitrogens is 3. The summed E-state index contributed by atoms with van der Waals surface area (Å²) in [5.41, 5.74) is 1.32. The van der Waals surface area contributed by atoms with Crippen LogP contribution in [0.2, 0.25) is 5.02 Å². The quantitative estimate of drug-likeness (QED) is 0.920. The molecule has 2 rings (SSSR count). The monoisotopic (exact) mass is 261 g/mol. The summed E-state index contributed by atoms with van der Waals surface area (Å²) in [5.74, 6) is 1.69. The highest BCUT2D eigenvalue weighted by Crippen LogP contribution is 2.23. The molecule has 0 unspecified atom stereocenters. The summed E-state index contributed by atoms with van der Waals surface area (Å²) in [6.07, 6.45) is 0. The Hall–Kier alpha value is -2.06. The second kappa shape index (κ2) is 5.07. The number of aryl methyl sites for hydroxylation is 1. The van der Waals surface area contributed by atoms with Gasteiger partial charge in [0.2, 0.25) is 0 Å². The molecule has 0 spiro atoms. The van der Waals surface area contributed by atoms with Crippen molar-refractivity contribution in [2.75, 3.05) is 5.32 Å². The minimum Gasteiger partial charge on any atom is -0.377 e. The molecule has 1 N–H and O–H groups in total. The first-order valence-electron chi connectivity index (χ1n) is 5.40. The summed E-state index contributed by atoms with van der Waals surface area (Å²) < 4.78 is 1.91. The van der Waals surface area contributed by atoms with E-state index in [4.69, 9.17) is 16.9 Å². The topological polar surface area (TPSA) is 66.5 Å². The maximum absolute atomic E-state index is 8.75. The van der Waals surface area contributed by atoms with Crippen molar-refractivity contribution in [2.24, 2.45) is 7.05 Å². The predicted octanol–water partition coefficient (Wildman–Crippen LogP) is 2.26. The third-order valence-electron chi connectivity index (χ3n) is 2.72. The number of nitrogens with zero attached hydrogens (tertiary/aromatic N) is 4. The minimum absolute atomic E-state index is 0.521. The molecule has 2 aromatic rings.